The molecule has 7 heteroatoms. The molecule has 0 aromatic carbocycles. The Balaban J connectivity index is 2.69. The third kappa shape index (κ3) is 4.03. The van der Waals surface area contributed by atoms with Crippen LogP contribution >= 0.6 is 23.1 Å². The molecule has 0 amide bonds. The smallest absolute Gasteiger partial charge is 0.221 e. The maximum atomic E-state index is 11.8. The number of aromatic nitrogens is 2. The highest BCUT2D eigenvalue weighted by Gasteiger charge is 2.19. The quantitative estimate of drug-likeness (QED) is 0.719. The highest BCUT2D eigenvalue weighted by atomic mass is 32.2. The Morgan fingerprint density at radius 1 is 1.25 bits per heavy atom. The van der Waals surface area contributed by atoms with E-state index in [0.717, 1.165) is 22.9 Å². The standard InChI is InChI=1S/C9H16N2O2S3/c1-3-5-7-16(12,13)9-11-10-8(15-9)14-6-4-2/h3-7H2,1-2H3. The molecule has 1 aromatic rings. The van der Waals surface area contributed by atoms with E-state index in [9.17, 15) is 8.42 Å². The second-order valence-corrected chi connectivity index (χ2v) is 7.96. The van der Waals surface area contributed by atoms with Crippen molar-refractivity contribution in [3.8, 4) is 0 Å². The fraction of sp³-hybridized carbons (Fsp3) is 0.778. The molecule has 0 saturated heterocycles. The minimum Gasteiger partial charge on any atom is -0.221 e. The summed E-state index contributed by atoms with van der Waals surface area (Å²) in [5, 5.41) is 7.63. The molecule has 1 rings (SSSR count). The first-order chi connectivity index (χ1) is 7.60. The van der Waals surface area contributed by atoms with Crippen LogP contribution < -0.4 is 0 Å². The SMILES string of the molecule is CCCCS(=O)(=O)c1nnc(SCCC)s1. The molecule has 1 heterocycles. The monoisotopic (exact) mass is 280 g/mol. The van der Waals surface area contributed by atoms with Gasteiger partial charge in [0, 0.05) is 5.75 Å². The fourth-order valence-corrected chi connectivity index (χ4v) is 4.67. The molecule has 0 aliphatic carbocycles. The lowest BCUT2D eigenvalue weighted by molar-refractivity contribution is 0.590. The second-order valence-electron chi connectivity index (χ2n) is 3.35. The number of nitrogens with zero attached hydrogens (tertiary/aromatic N) is 2. The summed E-state index contributed by atoms with van der Waals surface area (Å²) in [5.74, 6) is 1.13. The van der Waals surface area contributed by atoms with Crippen LogP contribution in [0.25, 0.3) is 0 Å². The van der Waals surface area contributed by atoms with Crippen LogP contribution in [0.2, 0.25) is 0 Å². The normalized spacial score (nSPS) is 11.9. The summed E-state index contributed by atoms with van der Waals surface area (Å²) in [6.45, 7) is 4.05. The molecular weight excluding hydrogens is 264 g/mol. The lowest BCUT2D eigenvalue weighted by Gasteiger charge is -1.96. The molecule has 1 aromatic heterocycles. The van der Waals surface area contributed by atoms with Crippen molar-refractivity contribution in [2.24, 2.45) is 0 Å². The zero-order valence-electron chi connectivity index (χ0n) is 9.47. The molecule has 16 heavy (non-hydrogen) atoms. The zero-order chi connectivity index (χ0) is 12.0. The van der Waals surface area contributed by atoms with Crippen LogP contribution in [0, 0.1) is 0 Å². The first kappa shape index (κ1) is 13.9. The maximum absolute atomic E-state index is 11.8. The van der Waals surface area contributed by atoms with Crippen molar-refractivity contribution in [3.63, 3.8) is 0 Å². The van der Waals surface area contributed by atoms with Gasteiger partial charge in [-0.05, 0) is 12.8 Å². The Hall–Kier alpha value is -0.140. The van der Waals surface area contributed by atoms with E-state index in [4.69, 9.17) is 0 Å². The average molecular weight is 280 g/mol. The number of unbranched alkanes of at least 4 members (excludes halogenated alkanes) is 1. The van der Waals surface area contributed by atoms with Gasteiger partial charge < -0.3 is 0 Å². The van der Waals surface area contributed by atoms with Gasteiger partial charge in [0.2, 0.25) is 14.2 Å². The van der Waals surface area contributed by atoms with Gasteiger partial charge in [0.05, 0.1) is 5.75 Å². The highest BCUT2D eigenvalue weighted by Crippen LogP contribution is 2.26. The molecule has 0 bridgehead atoms. The van der Waals surface area contributed by atoms with Crippen LogP contribution in [0.4, 0.5) is 0 Å². The van der Waals surface area contributed by atoms with Crippen LogP contribution in [0.15, 0.2) is 8.68 Å². The third-order valence-electron chi connectivity index (χ3n) is 1.85. The van der Waals surface area contributed by atoms with Crippen molar-refractivity contribution < 1.29 is 8.42 Å². The molecule has 0 spiro atoms. The zero-order valence-corrected chi connectivity index (χ0v) is 11.9. The van der Waals surface area contributed by atoms with Gasteiger partial charge in [-0.15, -0.1) is 10.2 Å². The lowest BCUT2D eigenvalue weighted by Crippen LogP contribution is -2.05. The Morgan fingerprint density at radius 3 is 2.62 bits per heavy atom. The van der Waals surface area contributed by atoms with Gasteiger partial charge in [-0.25, -0.2) is 8.42 Å². The number of rotatable bonds is 7. The van der Waals surface area contributed by atoms with E-state index in [-0.39, 0.29) is 10.1 Å². The van der Waals surface area contributed by atoms with E-state index in [1.54, 1.807) is 11.8 Å². The Kier molecular flexibility index (Phi) is 5.71. The van der Waals surface area contributed by atoms with Crippen molar-refractivity contribution in [1.82, 2.24) is 10.2 Å². The van der Waals surface area contributed by atoms with Crippen molar-refractivity contribution in [2.45, 2.75) is 41.8 Å². The van der Waals surface area contributed by atoms with Gasteiger partial charge in [0.1, 0.15) is 0 Å². The van der Waals surface area contributed by atoms with Crippen LogP contribution in [0.5, 0.6) is 0 Å². The van der Waals surface area contributed by atoms with E-state index in [0.29, 0.717) is 6.42 Å². The van der Waals surface area contributed by atoms with Gasteiger partial charge in [-0.1, -0.05) is 43.4 Å². The van der Waals surface area contributed by atoms with E-state index in [2.05, 4.69) is 17.1 Å². The molecule has 92 valence electrons. The van der Waals surface area contributed by atoms with Crippen LogP contribution in [-0.4, -0.2) is 30.1 Å². The number of sulfone groups is 1. The maximum Gasteiger partial charge on any atom is 0.233 e. The molecule has 0 saturated carbocycles. The summed E-state index contributed by atoms with van der Waals surface area (Å²) < 4.78 is 24.5. The molecule has 0 atom stereocenters. The second kappa shape index (κ2) is 6.56. The van der Waals surface area contributed by atoms with E-state index in [1.807, 2.05) is 6.92 Å². The van der Waals surface area contributed by atoms with E-state index >= 15 is 0 Å². The average Bonchev–Trinajstić information content (AvgIpc) is 2.73. The number of hydrogen-bond donors (Lipinski definition) is 0. The molecular formula is C9H16N2O2S3. The Morgan fingerprint density at radius 2 is 2.00 bits per heavy atom. The van der Waals surface area contributed by atoms with E-state index in [1.165, 1.54) is 11.3 Å². The summed E-state index contributed by atoms with van der Waals surface area (Å²) >= 11 is 2.74. The minimum atomic E-state index is -3.20. The first-order valence-electron chi connectivity index (χ1n) is 5.29. The molecule has 0 fully saturated rings. The lowest BCUT2D eigenvalue weighted by atomic mass is 10.4. The molecule has 0 aliphatic heterocycles. The van der Waals surface area contributed by atoms with Crippen molar-refractivity contribution >= 4 is 32.9 Å². The van der Waals surface area contributed by atoms with Gasteiger partial charge in [-0.2, -0.15) is 0 Å². The van der Waals surface area contributed by atoms with Gasteiger partial charge in [0.15, 0.2) is 4.34 Å². The Bertz CT molecular complexity index is 414. The molecule has 0 radical (unpaired) electrons. The minimum absolute atomic E-state index is 0.166. The number of thioether (sulfide) groups is 1. The number of hydrogen-bond acceptors (Lipinski definition) is 6. The summed E-state index contributed by atoms with van der Waals surface area (Å²) in [4.78, 5) is 0. The summed E-state index contributed by atoms with van der Waals surface area (Å²) in [6, 6.07) is 0. The van der Waals surface area contributed by atoms with Crippen molar-refractivity contribution in [2.75, 3.05) is 11.5 Å². The van der Waals surface area contributed by atoms with Gasteiger partial charge >= 0.3 is 0 Å². The third-order valence-corrected chi connectivity index (χ3v) is 6.36. The van der Waals surface area contributed by atoms with Gasteiger partial charge in [0.25, 0.3) is 0 Å². The predicted octanol–water partition coefficient (Wildman–Crippen LogP) is 2.61. The topological polar surface area (TPSA) is 59.9 Å². The largest absolute Gasteiger partial charge is 0.233 e. The van der Waals surface area contributed by atoms with Crippen LogP contribution in [-0.2, 0) is 9.84 Å². The van der Waals surface area contributed by atoms with E-state index < -0.39 is 9.84 Å². The fourth-order valence-electron chi connectivity index (χ4n) is 0.992. The summed E-state index contributed by atoms with van der Waals surface area (Å²) in [5.41, 5.74) is 0. The summed E-state index contributed by atoms with van der Waals surface area (Å²) in [7, 11) is -3.20. The van der Waals surface area contributed by atoms with Gasteiger partial charge in [-0.3, -0.25) is 0 Å². The van der Waals surface area contributed by atoms with Crippen LogP contribution in [0.1, 0.15) is 33.1 Å². The molecule has 0 aliphatic rings. The summed E-state index contributed by atoms with van der Waals surface area (Å²) in [6.07, 6.45) is 2.59. The Labute approximate surface area is 105 Å². The van der Waals surface area contributed by atoms with Crippen LogP contribution in [0.3, 0.4) is 0 Å². The van der Waals surface area contributed by atoms with Crippen molar-refractivity contribution in [1.29, 1.82) is 0 Å². The predicted molar refractivity (Wildman–Crippen MR) is 67.9 cm³/mol. The van der Waals surface area contributed by atoms with Crippen molar-refractivity contribution in [3.05, 3.63) is 0 Å². The molecule has 4 nitrogen and oxygen atoms in total. The molecule has 0 unspecified atom stereocenters. The molecule has 0 N–H and O–H groups in total. The first-order valence-corrected chi connectivity index (χ1v) is 8.74. The highest BCUT2D eigenvalue weighted by molar-refractivity contribution is 8.01.